The molecule has 0 radical (unpaired) electrons. The van der Waals surface area contributed by atoms with E-state index in [0.717, 1.165) is 0 Å². The fourth-order valence-electron chi connectivity index (χ4n) is 1.80. The normalized spacial score (nSPS) is 9.80. The molecule has 0 atom stereocenters. The van der Waals surface area contributed by atoms with Gasteiger partial charge in [0, 0.05) is 39.6 Å². The SMILES string of the molecule is CN(C)c1ccc([P-]c2ccc(N(C)C)cc2)cc1.[K+]. The van der Waals surface area contributed by atoms with Crippen molar-refractivity contribution >= 4 is 30.6 Å². The first-order valence-corrected chi connectivity index (χ1v) is 7.22. The summed E-state index contributed by atoms with van der Waals surface area (Å²) in [7, 11) is 9.50. The summed E-state index contributed by atoms with van der Waals surface area (Å²) < 4.78 is 0. The molecule has 2 aromatic rings. The van der Waals surface area contributed by atoms with Crippen LogP contribution < -0.4 is 71.8 Å². The molecule has 4 heteroatoms. The molecule has 0 aliphatic carbocycles. The van der Waals surface area contributed by atoms with E-state index >= 15 is 0 Å². The third kappa shape index (κ3) is 5.14. The van der Waals surface area contributed by atoms with Crippen LogP contribution in [0.2, 0.25) is 0 Å². The largest absolute Gasteiger partial charge is 1.00 e. The molecule has 20 heavy (non-hydrogen) atoms. The topological polar surface area (TPSA) is 6.48 Å². The molecular formula is C16H20KN2P. The molecule has 2 rings (SSSR count). The molecular weight excluding hydrogens is 290 g/mol. The summed E-state index contributed by atoms with van der Waals surface area (Å²) in [4.78, 5) is 4.24. The summed E-state index contributed by atoms with van der Waals surface area (Å²) >= 11 is 0. The van der Waals surface area contributed by atoms with Gasteiger partial charge in [-0.3, -0.25) is 0 Å². The molecule has 0 spiro atoms. The number of hydrogen-bond donors (Lipinski definition) is 0. The van der Waals surface area contributed by atoms with Crippen molar-refractivity contribution in [1.29, 1.82) is 0 Å². The first-order valence-electron chi connectivity index (χ1n) is 6.33. The third-order valence-electron chi connectivity index (χ3n) is 2.99. The van der Waals surface area contributed by atoms with E-state index in [1.54, 1.807) is 0 Å². The van der Waals surface area contributed by atoms with Crippen molar-refractivity contribution in [3.8, 4) is 0 Å². The monoisotopic (exact) mass is 310 g/mol. The zero-order chi connectivity index (χ0) is 13.8. The van der Waals surface area contributed by atoms with Gasteiger partial charge in [0.25, 0.3) is 0 Å². The van der Waals surface area contributed by atoms with Crippen LogP contribution in [-0.4, -0.2) is 28.2 Å². The smallest absolute Gasteiger partial charge is 0.472 e. The van der Waals surface area contributed by atoms with Crippen LogP contribution in [0.25, 0.3) is 0 Å². The van der Waals surface area contributed by atoms with E-state index in [9.17, 15) is 0 Å². The Morgan fingerprint density at radius 2 is 0.900 bits per heavy atom. The van der Waals surface area contributed by atoms with Gasteiger partial charge in [-0.2, -0.15) is 10.6 Å². The average molecular weight is 310 g/mol. The molecule has 0 heterocycles. The van der Waals surface area contributed by atoms with Crippen LogP contribution in [-0.2, 0) is 0 Å². The first kappa shape index (κ1) is 18.2. The molecule has 0 N–H and O–H groups in total. The third-order valence-corrected chi connectivity index (χ3v) is 4.10. The van der Waals surface area contributed by atoms with Gasteiger partial charge in [-0.25, -0.2) is 0 Å². The van der Waals surface area contributed by atoms with Crippen molar-refractivity contribution < 1.29 is 51.4 Å². The molecule has 2 aromatic carbocycles. The van der Waals surface area contributed by atoms with Crippen molar-refractivity contribution in [3.63, 3.8) is 0 Å². The van der Waals surface area contributed by atoms with Crippen LogP contribution in [0.15, 0.2) is 48.5 Å². The van der Waals surface area contributed by atoms with Crippen LogP contribution >= 0.6 is 8.58 Å². The predicted molar refractivity (Wildman–Crippen MR) is 87.7 cm³/mol. The first-order chi connectivity index (χ1) is 9.06. The molecule has 0 aliphatic heterocycles. The second-order valence-corrected chi connectivity index (χ2v) is 6.19. The van der Waals surface area contributed by atoms with E-state index in [1.807, 2.05) is 0 Å². The zero-order valence-electron chi connectivity index (χ0n) is 13.0. The molecule has 0 aromatic heterocycles. The van der Waals surface area contributed by atoms with Crippen LogP contribution in [0.3, 0.4) is 0 Å². The van der Waals surface area contributed by atoms with Gasteiger partial charge in [-0.15, -0.1) is 0 Å². The van der Waals surface area contributed by atoms with Gasteiger partial charge in [-0.05, 0) is 24.3 Å². The van der Waals surface area contributed by atoms with E-state index < -0.39 is 0 Å². The Morgan fingerprint density at radius 3 is 1.15 bits per heavy atom. The van der Waals surface area contributed by atoms with Crippen molar-refractivity contribution in [3.05, 3.63) is 48.5 Å². The summed E-state index contributed by atoms with van der Waals surface area (Å²) in [5.74, 6) is 0. The zero-order valence-corrected chi connectivity index (χ0v) is 17.0. The number of hydrogen-bond acceptors (Lipinski definition) is 2. The standard InChI is InChI=1S/C16H20N2P.K/c1-17(2)13-5-9-15(10-6-13)19-16-11-7-14(8-12-16)18(3)4;/h5-12H,1-4H3;/q-1;+1. The fourth-order valence-corrected chi connectivity index (χ4v) is 2.69. The maximum absolute atomic E-state index is 2.19. The van der Waals surface area contributed by atoms with Crippen LogP contribution in [0, 0.1) is 0 Å². The van der Waals surface area contributed by atoms with Crippen molar-refractivity contribution in [2.45, 2.75) is 0 Å². The Balaban J connectivity index is 0.00000200. The predicted octanol–water partition coefficient (Wildman–Crippen LogP) is -0.280. The minimum atomic E-state index is 0. The van der Waals surface area contributed by atoms with Gasteiger partial charge >= 0.3 is 51.4 Å². The number of nitrogens with zero attached hydrogens (tertiary/aromatic N) is 2. The minimum Gasteiger partial charge on any atom is -0.472 e. The molecule has 2 nitrogen and oxygen atoms in total. The van der Waals surface area contributed by atoms with Crippen LogP contribution in [0.1, 0.15) is 0 Å². The van der Waals surface area contributed by atoms with Crippen LogP contribution in [0.4, 0.5) is 11.4 Å². The molecule has 0 bridgehead atoms. The minimum absolute atomic E-state index is 0. The Hall–Kier alpha value is 0.106. The fraction of sp³-hybridized carbons (Fsp3) is 0.250. The molecule has 0 amide bonds. The van der Waals surface area contributed by atoms with E-state index in [2.05, 4.69) is 86.5 Å². The van der Waals surface area contributed by atoms with Crippen LogP contribution in [0.5, 0.6) is 0 Å². The second-order valence-electron chi connectivity index (χ2n) is 4.93. The summed E-state index contributed by atoms with van der Waals surface area (Å²) in [6.45, 7) is 0. The average Bonchev–Trinajstić information content (AvgIpc) is 2.40. The Morgan fingerprint density at radius 1 is 0.600 bits per heavy atom. The van der Waals surface area contributed by atoms with Gasteiger partial charge in [0.15, 0.2) is 0 Å². The maximum Gasteiger partial charge on any atom is 1.00 e. The molecule has 0 saturated heterocycles. The van der Waals surface area contributed by atoms with Gasteiger partial charge in [0.1, 0.15) is 0 Å². The number of benzene rings is 2. The molecule has 100 valence electrons. The Kier molecular flexibility index (Phi) is 7.74. The quantitative estimate of drug-likeness (QED) is 0.566. The number of anilines is 2. The molecule has 0 aliphatic rings. The summed E-state index contributed by atoms with van der Waals surface area (Å²) in [5.41, 5.74) is 2.48. The van der Waals surface area contributed by atoms with Crippen molar-refractivity contribution in [2.24, 2.45) is 0 Å². The van der Waals surface area contributed by atoms with Gasteiger partial charge < -0.3 is 18.4 Å². The molecule has 0 unspecified atom stereocenters. The number of rotatable bonds is 4. The van der Waals surface area contributed by atoms with Gasteiger partial charge in [-0.1, -0.05) is 24.3 Å². The van der Waals surface area contributed by atoms with Gasteiger partial charge in [0.05, 0.1) is 0 Å². The Labute approximate surface area is 166 Å². The molecule has 0 fully saturated rings. The van der Waals surface area contributed by atoms with E-state index in [-0.39, 0.29) is 51.4 Å². The van der Waals surface area contributed by atoms with E-state index in [4.69, 9.17) is 0 Å². The van der Waals surface area contributed by atoms with Crippen molar-refractivity contribution in [1.82, 2.24) is 0 Å². The van der Waals surface area contributed by atoms with Gasteiger partial charge in [0.2, 0.25) is 0 Å². The van der Waals surface area contributed by atoms with E-state index in [1.165, 1.54) is 30.6 Å². The second kappa shape index (κ2) is 8.53. The van der Waals surface area contributed by atoms with Crippen molar-refractivity contribution in [2.75, 3.05) is 38.0 Å². The maximum atomic E-state index is 2.19. The summed E-state index contributed by atoms with van der Waals surface area (Å²) in [6.07, 6.45) is 0. The van der Waals surface area contributed by atoms with E-state index in [0.29, 0.717) is 0 Å². The Bertz CT molecular complexity index is 472. The summed E-state index contributed by atoms with van der Waals surface area (Å²) in [5, 5.41) is 2.64. The molecule has 0 saturated carbocycles. The summed E-state index contributed by atoms with van der Waals surface area (Å²) in [6, 6.07) is 17.4.